The largest absolute Gasteiger partial charge is 0.374 e. The minimum absolute atomic E-state index is 0.172. The summed E-state index contributed by atoms with van der Waals surface area (Å²) in [6.45, 7) is 10.5. The minimum Gasteiger partial charge on any atom is -0.374 e. The highest BCUT2D eigenvalue weighted by atomic mass is 16.5. The summed E-state index contributed by atoms with van der Waals surface area (Å²) in [7, 11) is 0. The Morgan fingerprint density at radius 1 is 1.20 bits per heavy atom. The van der Waals surface area contributed by atoms with Gasteiger partial charge in [0.05, 0.1) is 30.6 Å². The van der Waals surface area contributed by atoms with Gasteiger partial charge in [-0.25, -0.2) is 4.98 Å². The molecule has 4 heterocycles. The molecule has 3 aromatic heterocycles. The van der Waals surface area contributed by atoms with Crippen molar-refractivity contribution in [2.75, 3.05) is 19.7 Å². The number of aromatic nitrogens is 4. The van der Waals surface area contributed by atoms with Crippen molar-refractivity contribution in [1.29, 1.82) is 0 Å². The molecule has 1 unspecified atom stereocenters. The lowest BCUT2D eigenvalue weighted by Gasteiger charge is -2.32. The van der Waals surface area contributed by atoms with Crippen LogP contribution in [0.5, 0.6) is 0 Å². The molecular formula is C19H25N5O. The van der Waals surface area contributed by atoms with Crippen molar-refractivity contribution in [3.8, 4) is 0 Å². The molecule has 4 rings (SSSR count). The summed E-state index contributed by atoms with van der Waals surface area (Å²) in [6, 6.07) is 8.33. The number of hydrogen-bond acceptors (Lipinski definition) is 4. The van der Waals surface area contributed by atoms with Gasteiger partial charge < -0.3 is 9.14 Å². The van der Waals surface area contributed by atoms with Gasteiger partial charge in [-0.05, 0) is 39.0 Å². The number of fused-ring (bicyclic) bond motifs is 1. The Morgan fingerprint density at radius 2 is 2.08 bits per heavy atom. The number of morpholine rings is 1. The van der Waals surface area contributed by atoms with E-state index in [9.17, 15) is 0 Å². The zero-order valence-electron chi connectivity index (χ0n) is 15.1. The third kappa shape index (κ3) is 3.45. The first kappa shape index (κ1) is 16.3. The van der Waals surface area contributed by atoms with E-state index in [0.29, 0.717) is 0 Å². The van der Waals surface area contributed by atoms with E-state index in [1.807, 2.05) is 6.92 Å². The smallest absolute Gasteiger partial charge is 0.137 e. The van der Waals surface area contributed by atoms with Gasteiger partial charge >= 0.3 is 0 Å². The molecule has 0 amide bonds. The van der Waals surface area contributed by atoms with Crippen LogP contribution in [0.2, 0.25) is 0 Å². The van der Waals surface area contributed by atoms with Crippen LogP contribution >= 0.6 is 0 Å². The van der Waals surface area contributed by atoms with E-state index in [2.05, 4.69) is 63.4 Å². The van der Waals surface area contributed by atoms with Gasteiger partial charge in [0.25, 0.3) is 0 Å². The van der Waals surface area contributed by atoms with Crippen molar-refractivity contribution in [1.82, 2.24) is 24.1 Å². The van der Waals surface area contributed by atoms with Gasteiger partial charge in [0.15, 0.2) is 0 Å². The van der Waals surface area contributed by atoms with Crippen LogP contribution in [-0.2, 0) is 17.8 Å². The molecule has 0 radical (unpaired) electrons. The second kappa shape index (κ2) is 6.61. The van der Waals surface area contributed by atoms with Gasteiger partial charge in [-0.2, -0.15) is 5.10 Å². The maximum atomic E-state index is 5.96. The quantitative estimate of drug-likeness (QED) is 0.732. The van der Waals surface area contributed by atoms with E-state index in [-0.39, 0.29) is 6.10 Å². The Kier molecular flexibility index (Phi) is 4.31. The van der Waals surface area contributed by atoms with Gasteiger partial charge in [0.1, 0.15) is 5.65 Å². The average Bonchev–Trinajstić information content (AvgIpc) is 3.11. The summed E-state index contributed by atoms with van der Waals surface area (Å²) in [5, 5.41) is 4.55. The zero-order chi connectivity index (χ0) is 17.4. The molecule has 0 saturated carbocycles. The number of imidazole rings is 1. The molecule has 6 nitrogen and oxygen atoms in total. The van der Waals surface area contributed by atoms with Crippen LogP contribution in [0, 0.1) is 20.8 Å². The lowest BCUT2D eigenvalue weighted by atomic mass is 10.2. The minimum atomic E-state index is 0.172. The monoisotopic (exact) mass is 339 g/mol. The lowest BCUT2D eigenvalue weighted by Crippen LogP contribution is -2.44. The van der Waals surface area contributed by atoms with Crippen LogP contribution in [0.25, 0.3) is 5.65 Å². The van der Waals surface area contributed by atoms with Crippen LogP contribution < -0.4 is 0 Å². The van der Waals surface area contributed by atoms with E-state index in [1.165, 1.54) is 11.4 Å². The van der Waals surface area contributed by atoms with Crippen molar-refractivity contribution in [3.63, 3.8) is 0 Å². The van der Waals surface area contributed by atoms with Crippen molar-refractivity contribution < 1.29 is 4.74 Å². The standard InChI is InChI=1S/C19H25N5O/c1-14-9-16(3)24(21-14)13-18-12-22(7-8-25-18)10-17-11-23-15(2)5-4-6-19(23)20-17/h4-6,9,11,18H,7-8,10,12-13H2,1-3H3. The number of hydrogen-bond donors (Lipinski definition) is 0. The first-order valence-electron chi connectivity index (χ1n) is 8.87. The number of ether oxygens (including phenoxy) is 1. The van der Waals surface area contributed by atoms with E-state index in [1.54, 1.807) is 0 Å². The van der Waals surface area contributed by atoms with Crippen LogP contribution in [0.1, 0.15) is 22.8 Å². The van der Waals surface area contributed by atoms with Crippen LogP contribution in [0.15, 0.2) is 30.5 Å². The summed E-state index contributed by atoms with van der Waals surface area (Å²) < 4.78 is 10.2. The topological polar surface area (TPSA) is 47.6 Å². The highest BCUT2D eigenvalue weighted by molar-refractivity contribution is 5.41. The third-order valence-corrected chi connectivity index (χ3v) is 4.83. The van der Waals surface area contributed by atoms with Gasteiger partial charge in [-0.1, -0.05) is 6.07 Å². The number of nitrogens with zero attached hydrogens (tertiary/aromatic N) is 5. The molecule has 0 bridgehead atoms. The molecule has 0 spiro atoms. The van der Waals surface area contributed by atoms with E-state index in [4.69, 9.17) is 9.72 Å². The third-order valence-electron chi connectivity index (χ3n) is 4.83. The molecule has 0 aliphatic carbocycles. The molecule has 1 atom stereocenters. The predicted octanol–water partition coefficient (Wildman–Crippen LogP) is 2.36. The number of aryl methyl sites for hydroxylation is 3. The molecule has 1 aliphatic rings. The Balaban J connectivity index is 1.43. The van der Waals surface area contributed by atoms with Crippen molar-refractivity contribution in [2.45, 2.75) is 40.0 Å². The number of pyridine rings is 1. The van der Waals surface area contributed by atoms with Gasteiger partial charge in [-0.3, -0.25) is 9.58 Å². The normalized spacial score (nSPS) is 18.9. The van der Waals surface area contributed by atoms with Crippen molar-refractivity contribution in [3.05, 3.63) is 53.2 Å². The van der Waals surface area contributed by atoms with Crippen LogP contribution in [0.3, 0.4) is 0 Å². The fourth-order valence-corrected chi connectivity index (χ4v) is 3.59. The van der Waals surface area contributed by atoms with E-state index >= 15 is 0 Å². The molecule has 3 aromatic rings. The molecule has 0 N–H and O–H groups in total. The summed E-state index contributed by atoms with van der Waals surface area (Å²) in [5.41, 5.74) is 5.59. The first-order chi connectivity index (χ1) is 12.1. The highest BCUT2D eigenvalue weighted by Crippen LogP contribution is 2.14. The molecule has 0 aromatic carbocycles. The van der Waals surface area contributed by atoms with Gasteiger partial charge in [0, 0.05) is 37.2 Å². The Bertz CT molecular complexity index is 881. The SMILES string of the molecule is Cc1cc(C)n(CC2CN(Cc3cn4c(C)cccc4n3)CCO2)n1. The zero-order valence-corrected chi connectivity index (χ0v) is 15.1. The van der Waals surface area contributed by atoms with Crippen molar-refractivity contribution >= 4 is 5.65 Å². The van der Waals surface area contributed by atoms with E-state index < -0.39 is 0 Å². The van der Waals surface area contributed by atoms with Gasteiger partial charge in [-0.15, -0.1) is 0 Å². The molecule has 1 aliphatic heterocycles. The predicted molar refractivity (Wildman–Crippen MR) is 96.6 cm³/mol. The molecular weight excluding hydrogens is 314 g/mol. The Hall–Kier alpha value is -2.18. The molecule has 6 heteroatoms. The summed E-state index contributed by atoms with van der Waals surface area (Å²) in [5.74, 6) is 0. The Morgan fingerprint density at radius 3 is 2.84 bits per heavy atom. The molecule has 132 valence electrons. The molecule has 1 saturated heterocycles. The highest BCUT2D eigenvalue weighted by Gasteiger charge is 2.22. The second-order valence-electron chi connectivity index (χ2n) is 6.96. The second-order valence-corrected chi connectivity index (χ2v) is 6.96. The molecule has 25 heavy (non-hydrogen) atoms. The fourth-order valence-electron chi connectivity index (χ4n) is 3.59. The first-order valence-corrected chi connectivity index (χ1v) is 8.87. The summed E-state index contributed by atoms with van der Waals surface area (Å²) in [6.07, 6.45) is 2.32. The molecule has 1 fully saturated rings. The van der Waals surface area contributed by atoms with Crippen molar-refractivity contribution in [2.24, 2.45) is 0 Å². The summed E-state index contributed by atoms with van der Waals surface area (Å²) >= 11 is 0. The maximum Gasteiger partial charge on any atom is 0.137 e. The summed E-state index contributed by atoms with van der Waals surface area (Å²) in [4.78, 5) is 7.18. The fraction of sp³-hybridized carbons (Fsp3) is 0.474. The average molecular weight is 339 g/mol. The van der Waals surface area contributed by atoms with Crippen LogP contribution in [0.4, 0.5) is 0 Å². The van der Waals surface area contributed by atoms with Crippen LogP contribution in [-0.4, -0.2) is 49.9 Å². The maximum absolute atomic E-state index is 5.96. The van der Waals surface area contributed by atoms with E-state index in [0.717, 1.165) is 49.8 Å². The number of rotatable bonds is 4. The Labute approximate surface area is 148 Å². The van der Waals surface area contributed by atoms with Gasteiger partial charge in [0.2, 0.25) is 0 Å². The lowest BCUT2D eigenvalue weighted by molar-refractivity contribution is -0.0407.